The first kappa shape index (κ1) is 12.5. The number of carbonyl (C=O) groups excluding carboxylic acids is 1. The predicted molar refractivity (Wildman–Crippen MR) is 73.1 cm³/mol. The van der Waals surface area contributed by atoms with Crippen LogP contribution in [0, 0.1) is 11.3 Å². The molecule has 0 radical (unpaired) electrons. The molecule has 0 bridgehead atoms. The van der Waals surface area contributed by atoms with Crippen molar-refractivity contribution in [1.29, 1.82) is 5.26 Å². The molecule has 1 atom stereocenters. The summed E-state index contributed by atoms with van der Waals surface area (Å²) in [5.41, 5.74) is 1.08. The number of amides is 1. The molecule has 20 heavy (non-hydrogen) atoms. The molecular weight excluding hydrogens is 252 g/mol. The largest absolute Gasteiger partial charge is 0.469 e. The average molecular weight is 266 g/mol. The van der Waals surface area contributed by atoms with E-state index in [4.69, 9.17) is 9.68 Å². The SMILES string of the molecule is N#Cc1cccc(C(=O)N2CCC(c3ccco3)C2)c1. The third-order valence-electron chi connectivity index (χ3n) is 3.66. The van der Waals surface area contributed by atoms with Gasteiger partial charge in [-0.25, -0.2) is 0 Å². The van der Waals surface area contributed by atoms with Crippen molar-refractivity contribution in [2.75, 3.05) is 13.1 Å². The van der Waals surface area contributed by atoms with E-state index in [9.17, 15) is 4.79 Å². The van der Waals surface area contributed by atoms with Crippen LogP contribution in [0.1, 0.15) is 34.0 Å². The van der Waals surface area contributed by atoms with Crippen LogP contribution >= 0.6 is 0 Å². The van der Waals surface area contributed by atoms with Crippen molar-refractivity contribution >= 4 is 5.91 Å². The molecule has 1 fully saturated rings. The highest BCUT2D eigenvalue weighted by Gasteiger charge is 2.29. The smallest absolute Gasteiger partial charge is 0.253 e. The van der Waals surface area contributed by atoms with Crippen LogP contribution in [0.4, 0.5) is 0 Å². The van der Waals surface area contributed by atoms with Crippen LogP contribution < -0.4 is 0 Å². The maximum absolute atomic E-state index is 12.4. The number of hydrogen-bond acceptors (Lipinski definition) is 3. The van der Waals surface area contributed by atoms with E-state index in [1.54, 1.807) is 30.5 Å². The summed E-state index contributed by atoms with van der Waals surface area (Å²) < 4.78 is 5.41. The van der Waals surface area contributed by atoms with Crippen molar-refractivity contribution in [3.8, 4) is 6.07 Å². The molecule has 3 rings (SSSR count). The van der Waals surface area contributed by atoms with Gasteiger partial charge in [0.05, 0.1) is 17.9 Å². The Morgan fingerprint density at radius 1 is 1.35 bits per heavy atom. The number of benzene rings is 1. The fraction of sp³-hybridized carbons (Fsp3) is 0.250. The molecule has 1 aliphatic rings. The average Bonchev–Trinajstić information content (AvgIpc) is 3.17. The normalized spacial score (nSPS) is 17.9. The van der Waals surface area contributed by atoms with E-state index in [1.807, 2.05) is 17.0 Å². The zero-order valence-electron chi connectivity index (χ0n) is 11.0. The Balaban J connectivity index is 1.74. The molecule has 4 nitrogen and oxygen atoms in total. The zero-order valence-corrected chi connectivity index (χ0v) is 11.0. The Kier molecular flexibility index (Phi) is 3.26. The lowest BCUT2D eigenvalue weighted by Gasteiger charge is -2.16. The summed E-state index contributed by atoms with van der Waals surface area (Å²) in [6, 6.07) is 12.7. The van der Waals surface area contributed by atoms with Gasteiger partial charge in [0.1, 0.15) is 5.76 Å². The first-order valence-corrected chi connectivity index (χ1v) is 6.61. The molecule has 0 aliphatic carbocycles. The lowest BCUT2D eigenvalue weighted by atomic mass is 10.1. The predicted octanol–water partition coefficient (Wildman–Crippen LogP) is 2.78. The highest BCUT2D eigenvalue weighted by molar-refractivity contribution is 5.94. The summed E-state index contributed by atoms with van der Waals surface area (Å²) in [4.78, 5) is 14.2. The lowest BCUT2D eigenvalue weighted by molar-refractivity contribution is 0.0790. The molecular formula is C16H14N2O2. The van der Waals surface area contributed by atoms with E-state index in [-0.39, 0.29) is 11.8 Å². The standard InChI is InChI=1S/C16H14N2O2/c17-10-12-3-1-4-13(9-12)16(19)18-7-6-14(11-18)15-5-2-8-20-15/h1-5,8-9,14H,6-7,11H2. The lowest BCUT2D eigenvalue weighted by Crippen LogP contribution is -2.28. The number of furan rings is 1. The van der Waals surface area contributed by atoms with E-state index < -0.39 is 0 Å². The third-order valence-corrected chi connectivity index (χ3v) is 3.66. The molecule has 4 heteroatoms. The molecule has 0 saturated carbocycles. The molecule has 0 N–H and O–H groups in total. The van der Waals surface area contributed by atoms with E-state index >= 15 is 0 Å². The second kappa shape index (κ2) is 5.22. The van der Waals surface area contributed by atoms with Crippen LogP contribution in [0.3, 0.4) is 0 Å². The van der Waals surface area contributed by atoms with Gasteiger partial charge in [0.25, 0.3) is 5.91 Å². The van der Waals surface area contributed by atoms with Crippen molar-refractivity contribution in [3.05, 3.63) is 59.5 Å². The van der Waals surface area contributed by atoms with Gasteiger partial charge in [-0.15, -0.1) is 0 Å². The highest BCUT2D eigenvalue weighted by atomic mass is 16.3. The van der Waals surface area contributed by atoms with Gasteiger partial charge in [-0.2, -0.15) is 5.26 Å². The molecule has 100 valence electrons. The first-order chi connectivity index (χ1) is 9.78. The summed E-state index contributed by atoms with van der Waals surface area (Å²) in [6.07, 6.45) is 2.58. The summed E-state index contributed by atoms with van der Waals surface area (Å²) in [7, 11) is 0. The Morgan fingerprint density at radius 2 is 2.25 bits per heavy atom. The van der Waals surface area contributed by atoms with Crippen LogP contribution in [0.25, 0.3) is 0 Å². The Bertz CT molecular complexity index is 655. The second-order valence-corrected chi connectivity index (χ2v) is 4.94. The maximum atomic E-state index is 12.4. The maximum Gasteiger partial charge on any atom is 0.253 e. The van der Waals surface area contributed by atoms with Gasteiger partial charge >= 0.3 is 0 Å². The van der Waals surface area contributed by atoms with Crippen molar-refractivity contribution < 1.29 is 9.21 Å². The Labute approximate surface area is 117 Å². The van der Waals surface area contributed by atoms with Crippen LogP contribution in [0.15, 0.2) is 47.1 Å². The van der Waals surface area contributed by atoms with Crippen LogP contribution in [0.2, 0.25) is 0 Å². The summed E-state index contributed by atoms with van der Waals surface area (Å²) in [5, 5.41) is 8.89. The molecule has 0 spiro atoms. The Morgan fingerprint density at radius 3 is 3.00 bits per heavy atom. The fourth-order valence-corrected chi connectivity index (χ4v) is 2.60. The van der Waals surface area contributed by atoms with E-state index in [0.29, 0.717) is 17.7 Å². The highest BCUT2D eigenvalue weighted by Crippen LogP contribution is 2.28. The van der Waals surface area contributed by atoms with Crippen LogP contribution in [-0.2, 0) is 0 Å². The Hall–Kier alpha value is -2.54. The number of likely N-dealkylation sites (tertiary alicyclic amines) is 1. The fourth-order valence-electron chi connectivity index (χ4n) is 2.60. The minimum Gasteiger partial charge on any atom is -0.469 e. The van der Waals surface area contributed by atoms with Crippen LogP contribution in [-0.4, -0.2) is 23.9 Å². The van der Waals surface area contributed by atoms with Gasteiger partial charge < -0.3 is 9.32 Å². The number of nitrogens with zero attached hydrogens (tertiary/aromatic N) is 2. The molecule has 2 heterocycles. The van der Waals surface area contributed by atoms with Crippen molar-refractivity contribution in [2.45, 2.75) is 12.3 Å². The van der Waals surface area contributed by atoms with Crippen molar-refractivity contribution in [3.63, 3.8) is 0 Å². The van der Waals surface area contributed by atoms with E-state index in [1.165, 1.54) is 0 Å². The second-order valence-electron chi connectivity index (χ2n) is 4.94. The van der Waals surface area contributed by atoms with Crippen molar-refractivity contribution in [2.24, 2.45) is 0 Å². The van der Waals surface area contributed by atoms with Gasteiger partial charge in [0.2, 0.25) is 0 Å². The number of nitriles is 1. The topological polar surface area (TPSA) is 57.2 Å². The molecule has 1 saturated heterocycles. The minimum atomic E-state index is -0.0174. The molecule has 1 aromatic carbocycles. The number of rotatable bonds is 2. The third kappa shape index (κ3) is 2.30. The van der Waals surface area contributed by atoms with Gasteiger partial charge in [0.15, 0.2) is 0 Å². The van der Waals surface area contributed by atoms with E-state index in [0.717, 1.165) is 18.7 Å². The molecule has 1 amide bonds. The first-order valence-electron chi connectivity index (χ1n) is 6.61. The summed E-state index contributed by atoms with van der Waals surface area (Å²) >= 11 is 0. The van der Waals surface area contributed by atoms with Gasteiger partial charge in [-0.3, -0.25) is 4.79 Å². The molecule has 1 aliphatic heterocycles. The molecule has 1 aromatic heterocycles. The zero-order chi connectivity index (χ0) is 13.9. The van der Waals surface area contributed by atoms with Gasteiger partial charge in [0, 0.05) is 24.6 Å². The molecule has 1 unspecified atom stereocenters. The monoisotopic (exact) mass is 266 g/mol. The van der Waals surface area contributed by atoms with Crippen molar-refractivity contribution in [1.82, 2.24) is 4.90 Å². The number of carbonyl (C=O) groups is 1. The number of hydrogen-bond donors (Lipinski definition) is 0. The van der Waals surface area contributed by atoms with E-state index in [2.05, 4.69) is 6.07 Å². The quantitative estimate of drug-likeness (QED) is 0.839. The van der Waals surface area contributed by atoms with Gasteiger partial charge in [-0.1, -0.05) is 6.07 Å². The molecule has 2 aromatic rings. The van der Waals surface area contributed by atoms with Gasteiger partial charge in [-0.05, 0) is 36.8 Å². The van der Waals surface area contributed by atoms with Crippen LogP contribution in [0.5, 0.6) is 0 Å². The summed E-state index contributed by atoms with van der Waals surface area (Å²) in [5.74, 6) is 1.19. The summed E-state index contributed by atoms with van der Waals surface area (Å²) in [6.45, 7) is 1.39. The minimum absolute atomic E-state index is 0.0174.